The molecule has 3 saturated heterocycles. The average molecular weight is 1600 g/mol. The number of nitrogens with zero attached hydrogens (tertiary/aromatic N) is 8. The maximum Gasteiger partial charge on any atom is 0.411 e. The Kier molecular flexibility index (Phi) is 27.3. The Hall–Kier alpha value is -12.5. The highest BCUT2D eigenvalue weighted by atomic mass is 16.6. The molecule has 7 heterocycles. The van der Waals surface area contributed by atoms with E-state index in [0.717, 1.165) is 79.4 Å². The fraction of sp³-hybridized carbons (Fsp3) is 0.375. The van der Waals surface area contributed by atoms with Crippen LogP contribution in [0.15, 0.2) is 170 Å². The van der Waals surface area contributed by atoms with Crippen molar-refractivity contribution in [1.29, 1.82) is 0 Å². The number of urea groups is 2. The van der Waals surface area contributed by atoms with E-state index in [4.69, 9.17) is 48.5 Å². The topological polar surface area (TPSA) is 344 Å². The molecule has 616 valence electrons. The minimum atomic E-state index is -1.08. The zero-order valence-electron chi connectivity index (χ0n) is 68.6. The third-order valence-corrected chi connectivity index (χ3v) is 18.8. The molecule has 29 nitrogen and oxygen atoms in total. The van der Waals surface area contributed by atoms with Gasteiger partial charge in [-0.1, -0.05) is 125 Å². The number of carboxylic acid groups (broad SMARTS) is 1. The molecular weight excluding hydrogens is 1490 g/mol. The van der Waals surface area contributed by atoms with Crippen LogP contribution in [0.3, 0.4) is 0 Å². The van der Waals surface area contributed by atoms with Crippen molar-refractivity contribution in [2.24, 2.45) is 5.92 Å². The standard InChI is InChI=1S/C41H47N7O6.C37H40N6O4.C10H17NO5/c1-26-12-14-28(15-13-26)48-36(23-34(46-48)40(2,3)4)45-38(50)43-31-16-17-33(30-11-9-8-10-29(30)31)53-24-27-18-19-42-35(22-27)44-37(49)32-25-52-21-20-47(32)39(51)54-41(5,6)7;1-24-11-13-27(14-12-24)43-34(21-32(42-43)37(2,3)4)41-36(45)39-30-15-16-31(29-10-6-5-9-28(29)30)47-22-25-17-18-38-33(20-25)40-35(44)26-8-7-19-46-23-26;1-10(2,3)16-9(14)11-4-5-15-6-7(11)8(12)13/h8-19,22-23,32H,20-21,24-25H2,1-7H3,(H,42,44,49)(H2,43,45,50);5-6,9-18,20-21,26H,7-8,19,22-23H2,1-4H3,(H,38,40,44)(H2,39,41,45);7H,4-6H2,1-3H3,(H,12,13). The van der Waals surface area contributed by atoms with Crippen molar-refractivity contribution in [3.63, 3.8) is 0 Å². The molecule has 0 bridgehead atoms. The highest BCUT2D eigenvalue weighted by molar-refractivity contribution is 6.09. The van der Waals surface area contributed by atoms with Crippen molar-refractivity contribution in [3.05, 3.63) is 204 Å². The molecule has 3 atom stereocenters. The summed E-state index contributed by atoms with van der Waals surface area (Å²) in [6, 6.07) is 47.0. The van der Waals surface area contributed by atoms with E-state index < -0.39 is 53.4 Å². The molecule has 10 aromatic rings. The number of fused-ring (bicyclic) bond motifs is 2. The van der Waals surface area contributed by atoms with Crippen LogP contribution in [-0.4, -0.2) is 162 Å². The Balaban J connectivity index is 0.000000194. The van der Waals surface area contributed by atoms with E-state index in [-0.39, 0.29) is 68.2 Å². The van der Waals surface area contributed by atoms with Crippen molar-refractivity contribution in [1.82, 2.24) is 39.3 Å². The lowest BCUT2D eigenvalue weighted by Gasteiger charge is -2.35. The predicted octanol–water partition coefficient (Wildman–Crippen LogP) is 16.1. The number of anilines is 6. The second kappa shape index (κ2) is 37.4. The van der Waals surface area contributed by atoms with Crippen molar-refractivity contribution < 1.29 is 71.8 Å². The molecule has 13 rings (SSSR count). The molecule has 0 aliphatic carbocycles. The summed E-state index contributed by atoms with van der Waals surface area (Å²) in [6.07, 6.45) is 3.74. The molecule has 6 aromatic carbocycles. The normalized spacial score (nSPS) is 15.7. The highest BCUT2D eigenvalue weighted by Crippen LogP contribution is 2.36. The van der Waals surface area contributed by atoms with Gasteiger partial charge in [0.15, 0.2) is 6.04 Å². The summed E-state index contributed by atoms with van der Waals surface area (Å²) in [6.45, 7) is 29.9. The number of aliphatic carboxylic acids is 1. The Morgan fingerprint density at radius 2 is 0.872 bits per heavy atom. The number of carbonyl (C=O) groups excluding carboxylic acids is 6. The van der Waals surface area contributed by atoms with Gasteiger partial charge in [-0.15, -0.1) is 0 Å². The second-order valence-corrected chi connectivity index (χ2v) is 32.7. The van der Waals surface area contributed by atoms with Gasteiger partial charge in [0.1, 0.15) is 65.2 Å². The lowest BCUT2D eigenvalue weighted by molar-refractivity contribution is -0.149. The maximum atomic E-state index is 13.5. The summed E-state index contributed by atoms with van der Waals surface area (Å²) in [5.41, 5.74) is 6.79. The Morgan fingerprint density at radius 3 is 1.28 bits per heavy atom. The lowest BCUT2D eigenvalue weighted by Crippen LogP contribution is -2.55. The summed E-state index contributed by atoms with van der Waals surface area (Å²) < 4.78 is 42.6. The number of hydrogen-bond donors (Lipinski definition) is 7. The first-order valence-electron chi connectivity index (χ1n) is 38.9. The van der Waals surface area contributed by atoms with Crippen LogP contribution in [0.5, 0.6) is 11.5 Å². The molecule has 8 amide bonds. The van der Waals surface area contributed by atoms with Gasteiger partial charge in [-0.3, -0.25) is 30.0 Å². The number of hydrogen-bond acceptors (Lipinski definition) is 18. The van der Waals surface area contributed by atoms with Crippen molar-refractivity contribution in [2.75, 3.05) is 84.6 Å². The third-order valence-electron chi connectivity index (χ3n) is 18.8. The molecule has 117 heavy (non-hydrogen) atoms. The molecule has 4 aromatic heterocycles. The van der Waals surface area contributed by atoms with Gasteiger partial charge in [-0.2, -0.15) is 10.2 Å². The third kappa shape index (κ3) is 23.4. The van der Waals surface area contributed by atoms with Gasteiger partial charge in [0.25, 0.3) is 5.91 Å². The van der Waals surface area contributed by atoms with Crippen LogP contribution in [0.4, 0.5) is 53.8 Å². The first kappa shape index (κ1) is 85.4. The molecule has 29 heteroatoms. The number of nitrogens with one attached hydrogen (secondary N) is 6. The van der Waals surface area contributed by atoms with Crippen molar-refractivity contribution in [3.8, 4) is 22.9 Å². The Bertz CT molecular complexity index is 5190. The van der Waals surface area contributed by atoms with E-state index in [1.807, 2.05) is 153 Å². The lowest BCUT2D eigenvalue weighted by atomic mass is 9.92. The highest BCUT2D eigenvalue weighted by Gasteiger charge is 2.38. The summed E-state index contributed by atoms with van der Waals surface area (Å²) in [7, 11) is 0. The van der Waals surface area contributed by atoms with Gasteiger partial charge in [0.2, 0.25) is 5.91 Å². The molecular formula is C88H104N14O15. The SMILES string of the molecule is CC(C)(C)OC(=O)N1CCOCC1C(=O)O.Cc1ccc(-n2nc(C(C)(C)C)cc2NC(=O)Nc2ccc(OCc3ccnc(NC(=O)C4CCCOC4)c3)c3ccccc23)cc1.Cc1ccc(-n2nc(C(C)(C)C)cc2NC(=O)Nc2ccc(OCc3ccnc(NC(=O)C4COCCN4C(=O)OC(C)(C)C)c3)c3ccccc23)cc1. The first-order valence-corrected chi connectivity index (χ1v) is 38.9. The largest absolute Gasteiger partial charge is 0.488 e. The van der Waals surface area contributed by atoms with Gasteiger partial charge in [0, 0.05) is 76.6 Å². The van der Waals surface area contributed by atoms with Gasteiger partial charge >= 0.3 is 30.2 Å². The molecule has 3 fully saturated rings. The van der Waals surface area contributed by atoms with Gasteiger partial charge in [0.05, 0.1) is 73.1 Å². The summed E-state index contributed by atoms with van der Waals surface area (Å²) in [4.78, 5) is 99.4. The van der Waals surface area contributed by atoms with Crippen LogP contribution >= 0.6 is 0 Å². The average Bonchev–Trinajstić information content (AvgIpc) is 1.78. The van der Waals surface area contributed by atoms with Crippen molar-refractivity contribution >= 4 is 98.2 Å². The number of benzene rings is 6. The molecule has 3 unspecified atom stereocenters. The molecule has 0 spiro atoms. The van der Waals surface area contributed by atoms with Gasteiger partial charge < -0.3 is 59.5 Å². The van der Waals surface area contributed by atoms with Crippen LogP contribution in [0, 0.1) is 19.8 Å². The fourth-order valence-corrected chi connectivity index (χ4v) is 12.7. The molecule has 0 saturated carbocycles. The van der Waals surface area contributed by atoms with Crippen LogP contribution in [-0.2, 0) is 62.1 Å². The number of rotatable bonds is 17. The second-order valence-electron chi connectivity index (χ2n) is 32.7. The van der Waals surface area contributed by atoms with Crippen molar-refractivity contribution in [2.45, 2.75) is 157 Å². The number of carboxylic acids is 1. The van der Waals surface area contributed by atoms with Gasteiger partial charge in [-0.05, 0) is 152 Å². The number of aryl methyl sites for hydroxylation is 2. The minimum absolute atomic E-state index is 0.00851. The van der Waals surface area contributed by atoms with E-state index >= 15 is 0 Å². The Morgan fingerprint density at radius 1 is 0.462 bits per heavy atom. The Labute approximate surface area is 680 Å². The van der Waals surface area contributed by atoms with E-state index in [9.17, 15) is 33.6 Å². The molecule has 0 radical (unpaired) electrons. The van der Waals surface area contributed by atoms with Crippen LogP contribution < -0.4 is 41.4 Å². The smallest absolute Gasteiger partial charge is 0.411 e. The first-order chi connectivity index (χ1) is 55.6. The number of ether oxygens (including phenoxy) is 7. The molecule has 7 N–H and O–H groups in total. The van der Waals surface area contributed by atoms with E-state index in [1.165, 1.54) is 9.80 Å². The van der Waals surface area contributed by atoms with Crippen LogP contribution in [0.1, 0.15) is 130 Å². The van der Waals surface area contributed by atoms with E-state index in [1.54, 1.807) is 81.5 Å². The number of pyridine rings is 2. The fourth-order valence-electron chi connectivity index (χ4n) is 12.7. The summed E-state index contributed by atoms with van der Waals surface area (Å²) in [5.74, 6) is 1.43. The summed E-state index contributed by atoms with van der Waals surface area (Å²) in [5, 5.41) is 39.6. The number of carbonyl (C=O) groups is 7. The predicted molar refractivity (Wildman–Crippen MR) is 448 cm³/mol. The molecule has 3 aliphatic rings. The quantitative estimate of drug-likeness (QED) is 0.0445. The minimum Gasteiger partial charge on any atom is -0.488 e. The zero-order chi connectivity index (χ0) is 83.9. The number of amides is 8. The monoisotopic (exact) mass is 1600 g/mol. The zero-order valence-corrected chi connectivity index (χ0v) is 68.6. The van der Waals surface area contributed by atoms with Crippen LogP contribution in [0.25, 0.3) is 32.9 Å². The van der Waals surface area contributed by atoms with E-state index in [2.05, 4.69) is 83.4 Å². The number of morpholine rings is 2. The van der Waals surface area contributed by atoms with Crippen LogP contribution in [0.2, 0.25) is 0 Å². The maximum absolute atomic E-state index is 13.5. The number of aromatic nitrogens is 6. The van der Waals surface area contributed by atoms with E-state index in [0.29, 0.717) is 72.6 Å². The molecule has 3 aliphatic heterocycles. The summed E-state index contributed by atoms with van der Waals surface area (Å²) >= 11 is 0. The van der Waals surface area contributed by atoms with Gasteiger partial charge in [-0.25, -0.2) is 43.3 Å².